The van der Waals surface area contributed by atoms with Gasteiger partial charge in [0.1, 0.15) is 23.5 Å². The molecule has 18 heavy (non-hydrogen) atoms. The summed E-state index contributed by atoms with van der Waals surface area (Å²) >= 11 is 5.87. The smallest absolute Gasteiger partial charge is 0.341 e. The van der Waals surface area contributed by atoms with E-state index in [1.807, 2.05) is 0 Å². The van der Waals surface area contributed by atoms with Crippen LogP contribution in [0.5, 0.6) is 5.75 Å². The highest BCUT2D eigenvalue weighted by molar-refractivity contribution is 6.32. The predicted octanol–water partition coefficient (Wildman–Crippen LogP) is 2.23. The van der Waals surface area contributed by atoms with Gasteiger partial charge in [-0.15, -0.1) is 0 Å². The molecule has 90 valence electrons. The van der Waals surface area contributed by atoms with Crippen LogP contribution in [0.1, 0.15) is 5.56 Å². The van der Waals surface area contributed by atoms with Gasteiger partial charge in [0.15, 0.2) is 6.61 Å². The zero-order valence-electron chi connectivity index (χ0n) is 9.05. The molecule has 0 atom stereocenters. The molecule has 1 aromatic carbocycles. The molecule has 0 spiro atoms. The second kappa shape index (κ2) is 6.29. The van der Waals surface area contributed by atoms with Crippen molar-refractivity contribution in [2.75, 3.05) is 6.61 Å². The van der Waals surface area contributed by atoms with Crippen LogP contribution in [0.15, 0.2) is 23.8 Å². The number of hydrogen-bond acceptors (Lipinski definition) is 4. The summed E-state index contributed by atoms with van der Waals surface area (Å²) in [5.41, 5.74) is 0.506. The van der Waals surface area contributed by atoms with Gasteiger partial charge in [0.2, 0.25) is 0 Å². The minimum atomic E-state index is -1.11. The zero-order valence-corrected chi connectivity index (χ0v) is 9.81. The van der Waals surface area contributed by atoms with E-state index in [1.165, 1.54) is 18.2 Å². The summed E-state index contributed by atoms with van der Waals surface area (Å²) in [6.45, 7) is -0.490. The van der Waals surface area contributed by atoms with Gasteiger partial charge in [-0.25, -0.2) is 4.79 Å². The fourth-order valence-electron chi connectivity index (χ4n) is 1.12. The lowest BCUT2D eigenvalue weighted by Gasteiger charge is -2.05. The Hall–Kier alpha value is -2.50. The molecule has 0 unspecified atom stereocenters. The highest BCUT2D eigenvalue weighted by atomic mass is 35.5. The van der Waals surface area contributed by atoms with Crippen LogP contribution in [0.2, 0.25) is 5.02 Å². The first-order valence-corrected chi connectivity index (χ1v) is 5.10. The van der Waals surface area contributed by atoms with Crippen molar-refractivity contribution in [2.24, 2.45) is 0 Å². The van der Waals surface area contributed by atoms with E-state index >= 15 is 0 Å². The first-order valence-electron chi connectivity index (χ1n) is 4.73. The van der Waals surface area contributed by atoms with E-state index in [0.29, 0.717) is 5.56 Å². The summed E-state index contributed by atoms with van der Waals surface area (Å²) in [5, 5.41) is 25.8. The Morgan fingerprint density at radius 3 is 2.61 bits per heavy atom. The van der Waals surface area contributed by atoms with E-state index in [-0.39, 0.29) is 16.3 Å². The lowest BCUT2D eigenvalue weighted by molar-refractivity contribution is -0.139. The first kappa shape index (κ1) is 13.6. The number of halogens is 1. The molecule has 0 aliphatic rings. The van der Waals surface area contributed by atoms with E-state index < -0.39 is 12.6 Å². The summed E-state index contributed by atoms with van der Waals surface area (Å²) in [5.74, 6) is -0.877. The van der Waals surface area contributed by atoms with Crippen molar-refractivity contribution >= 4 is 23.6 Å². The minimum absolute atomic E-state index is 0.0507. The van der Waals surface area contributed by atoms with Gasteiger partial charge >= 0.3 is 5.97 Å². The fourth-order valence-corrected chi connectivity index (χ4v) is 1.36. The van der Waals surface area contributed by atoms with Crippen molar-refractivity contribution in [1.82, 2.24) is 0 Å². The largest absolute Gasteiger partial charge is 0.480 e. The van der Waals surface area contributed by atoms with Crippen LogP contribution in [0, 0.1) is 22.7 Å². The molecule has 0 aliphatic carbocycles. The maximum absolute atomic E-state index is 10.3. The molecular weight excluding hydrogens is 256 g/mol. The predicted molar refractivity (Wildman–Crippen MR) is 63.8 cm³/mol. The first-order chi connectivity index (χ1) is 8.56. The Kier molecular flexibility index (Phi) is 4.74. The third-order valence-electron chi connectivity index (χ3n) is 1.86. The van der Waals surface area contributed by atoms with Crippen molar-refractivity contribution in [3.8, 4) is 17.9 Å². The molecule has 6 heteroatoms. The molecule has 0 saturated heterocycles. The molecule has 0 bridgehead atoms. The van der Waals surface area contributed by atoms with E-state index in [0.717, 1.165) is 0 Å². The number of benzene rings is 1. The second-order valence-electron chi connectivity index (χ2n) is 3.15. The summed E-state index contributed by atoms with van der Waals surface area (Å²) in [6, 6.07) is 7.97. The Labute approximate surface area is 108 Å². The normalized spacial score (nSPS) is 8.83. The van der Waals surface area contributed by atoms with Gasteiger partial charge in [-0.1, -0.05) is 17.7 Å². The molecule has 0 amide bonds. The second-order valence-corrected chi connectivity index (χ2v) is 3.56. The van der Waals surface area contributed by atoms with Gasteiger partial charge in [0.25, 0.3) is 0 Å². The SMILES string of the molecule is N#CC(C#N)=Cc1ccc(OCC(=O)O)c(Cl)c1. The maximum Gasteiger partial charge on any atom is 0.341 e. The van der Waals surface area contributed by atoms with Gasteiger partial charge in [0.05, 0.1) is 5.02 Å². The topological polar surface area (TPSA) is 94.1 Å². The number of carbonyl (C=O) groups is 1. The molecule has 0 saturated carbocycles. The number of allylic oxidation sites excluding steroid dienone is 1. The Balaban J connectivity index is 2.94. The van der Waals surface area contributed by atoms with Crippen molar-refractivity contribution < 1.29 is 14.6 Å². The van der Waals surface area contributed by atoms with Crippen LogP contribution >= 0.6 is 11.6 Å². The summed E-state index contributed by atoms with van der Waals surface area (Å²) in [7, 11) is 0. The molecule has 1 N–H and O–H groups in total. The monoisotopic (exact) mass is 262 g/mol. The van der Waals surface area contributed by atoms with Crippen LogP contribution in [-0.2, 0) is 4.79 Å². The Bertz CT molecular complexity index is 566. The molecule has 0 fully saturated rings. The summed E-state index contributed by atoms with van der Waals surface area (Å²) < 4.78 is 4.93. The molecular formula is C12H7ClN2O3. The van der Waals surface area contributed by atoms with Crippen molar-refractivity contribution in [3.05, 3.63) is 34.4 Å². The van der Waals surface area contributed by atoms with Gasteiger partial charge in [-0.2, -0.15) is 10.5 Å². The van der Waals surface area contributed by atoms with Crippen molar-refractivity contribution in [1.29, 1.82) is 10.5 Å². The number of nitrogens with zero attached hydrogens (tertiary/aromatic N) is 2. The van der Waals surface area contributed by atoms with Crippen LogP contribution in [0.3, 0.4) is 0 Å². The number of rotatable bonds is 4. The molecule has 0 radical (unpaired) electrons. The maximum atomic E-state index is 10.3. The Morgan fingerprint density at radius 2 is 2.11 bits per heavy atom. The Morgan fingerprint density at radius 1 is 1.44 bits per heavy atom. The molecule has 1 aromatic rings. The highest BCUT2D eigenvalue weighted by Gasteiger charge is 2.05. The molecule has 0 aromatic heterocycles. The lowest BCUT2D eigenvalue weighted by atomic mass is 10.1. The van der Waals surface area contributed by atoms with E-state index in [4.69, 9.17) is 32.0 Å². The zero-order chi connectivity index (χ0) is 13.5. The number of carboxylic acids is 1. The number of ether oxygens (including phenoxy) is 1. The van der Waals surface area contributed by atoms with E-state index in [1.54, 1.807) is 18.2 Å². The van der Waals surface area contributed by atoms with Crippen LogP contribution in [0.4, 0.5) is 0 Å². The molecule has 5 nitrogen and oxygen atoms in total. The molecule has 1 rings (SSSR count). The molecule has 0 heterocycles. The number of carboxylic acid groups (broad SMARTS) is 1. The van der Waals surface area contributed by atoms with Gasteiger partial charge in [-0.05, 0) is 23.8 Å². The third kappa shape index (κ3) is 3.82. The standard InChI is InChI=1S/C12H7ClN2O3/c13-10-4-8(3-9(5-14)6-15)1-2-11(10)18-7-12(16)17/h1-4H,7H2,(H,16,17). The van der Waals surface area contributed by atoms with Gasteiger partial charge in [0, 0.05) is 0 Å². The molecule has 0 aliphatic heterocycles. The number of nitriles is 2. The highest BCUT2D eigenvalue weighted by Crippen LogP contribution is 2.26. The van der Waals surface area contributed by atoms with Crippen molar-refractivity contribution in [2.45, 2.75) is 0 Å². The summed E-state index contributed by atoms with van der Waals surface area (Å²) in [6.07, 6.45) is 1.37. The van der Waals surface area contributed by atoms with Crippen LogP contribution < -0.4 is 4.74 Å². The van der Waals surface area contributed by atoms with E-state index in [2.05, 4.69) is 0 Å². The van der Waals surface area contributed by atoms with Gasteiger partial charge in [-0.3, -0.25) is 0 Å². The van der Waals surface area contributed by atoms with E-state index in [9.17, 15) is 4.79 Å². The lowest BCUT2D eigenvalue weighted by Crippen LogP contribution is -2.09. The minimum Gasteiger partial charge on any atom is -0.480 e. The number of hydrogen-bond donors (Lipinski definition) is 1. The third-order valence-corrected chi connectivity index (χ3v) is 2.15. The summed E-state index contributed by atoms with van der Waals surface area (Å²) in [4.78, 5) is 10.3. The van der Waals surface area contributed by atoms with Gasteiger partial charge < -0.3 is 9.84 Å². The average Bonchev–Trinajstić information content (AvgIpc) is 2.34. The fraction of sp³-hybridized carbons (Fsp3) is 0.0833. The van der Waals surface area contributed by atoms with Crippen LogP contribution in [-0.4, -0.2) is 17.7 Å². The van der Waals surface area contributed by atoms with Crippen LogP contribution in [0.25, 0.3) is 6.08 Å². The average molecular weight is 263 g/mol. The quantitative estimate of drug-likeness (QED) is 0.840. The van der Waals surface area contributed by atoms with Crippen molar-refractivity contribution in [3.63, 3.8) is 0 Å². The number of aliphatic carboxylic acids is 1.